The highest BCUT2D eigenvalue weighted by Crippen LogP contribution is 2.37. The molecule has 4 rings (SSSR count). The predicted molar refractivity (Wildman–Crippen MR) is 143 cm³/mol. The van der Waals surface area contributed by atoms with Crippen LogP contribution >= 0.6 is 11.3 Å². The summed E-state index contributed by atoms with van der Waals surface area (Å²) in [5.74, 6) is 1.80. The number of fused-ring (bicyclic) bond motifs is 1. The van der Waals surface area contributed by atoms with Crippen LogP contribution in [0.15, 0.2) is 30.3 Å². The molecular formula is C27H35N3O5S. The monoisotopic (exact) mass is 513 g/mol. The summed E-state index contributed by atoms with van der Waals surface area (Å²) in [4.78, 5) is 22.9. The average molecular weight is 514 g/mol. The van der Waals surface area contributed by atoms with E-state index >= 15 is 0 Å². The van der Waals surface area contributed by atoms with Crippen molar-refractivity contribution in [3.63, 3.8) is 0 Å². The molecule has 1 aliphatic rings. The van der Waals surface area contributed by atoms with Gasteiger partial charge in [-0.15, -0.1) is 0 Å². The Balaban J connectivity index is 1.66. The zero-order valence-corrected chi connectivity index (χ0v) is 22.4. The Kier molecular flexibility index (Phi) is 9.01. The van der Waals surface area contributed by atoms with Crippen LogP contribution in [0.2, 0.25) is 0 Å². The van der Waals surface area contributed by atoms with Gasteiger partial charge >= 0.3 is 0 Å². The Morgan fingerprint density at radius 2 is 1.81 bits per heavy atom. The van der Waals surface area contributed by atoms with Crippen LogP contribution in [0.5, 0.6) is 17.2 Å². The van der Waals surface area contributed by atoms with E-state index in [4.69, 9.17) is 23.9 Å². The molecule has 9 heteroatoms. The summed E-state index contributed by atoms with van der Waals surface area (Å²) in [6, 6.07) is 9.31. The fourth-order valence-electron chi connectivity index (χ4n) is 4.28. The SMILES string of the molecule is CCOc1ccc(C(=O)N(CCCN2CCOCC2)c2nc3c(OC)ccc(C)c3s2)cc1OCC. The maximum Gasteiger partial charge on any atom is 0.260 e. The molecular weight excluding hydrogens is 478 g/mol. The van der Waals surface area contributed by atoms with Crippen LogP contribution in [-0.2, 0) is 4.74 Å². The van der Waals surface area contributed by atoms with Gasteiger partial charge in [-0.1, -0.05) is 17.4 Å². The molecule has 0 bridgehead atoms. The summed E-state index contributed by atoms with van der Waals surface area (Å²) in [6.45, 7) is 11.7. The highest BCUT2D eigenvalue weighted by Gasteiger charge is 2.24. The molecule has 2 aromatic carbocycles. The molecule has 1 fully saturated rings. The average Bonchev–Trinajstić information content (AvgIpc) is 3.34. The van der Waals surface area contributed by atoms with Crippen LogP contribution in [0.4, 0.5) is 5.13 Å². The molecule has 36 heavy (non-hydrogen) atoms. The zero-order chi connectivity index (χ0) is 25.5. The molecule has 0 saturated carbocycles. The van der Waals surface area contributed by atoms with Gasteiger partial charge in [0.25, 0.3) is 5.91 Å². The number of hydrogen-bond acceptors (Lipinski definition) is 8. The van der Waals surface area contributed by atoms with Crippen LogP contribution < -0.4 is 19.1 Å². The molecule has 1 aliphatic heterocycles. The lowest BCUT2D eigenvalue weighted by atomic mass is 10.1. The molecule has 1 amide bonds. The Bertz CT molecular complexity index is 1180. The fraction of sp³-hybridized carbons (Fsp3) is 0.481. The summed E-state index contributed by atoms with van der Waals surface area (Å²) in [5.41, 5.74) is 2.43. The van der Waals surface area contributed by atoms with Crippen LogP contribution in [0.25, 0.3) is 10.2 Å². The van der Waals surface area contributed by atoms with Crippen molar-refractivity contribution in [2.75, 3.05) is 64.6 Å². The molecule has 8 nitrogen and oxygen atoms in total. The Labute approximate surface area is 216 Å². The van der Waals surface area contributed by atoms with E-state index in [1.807, 2.05) is 26.0 Å². The molecule has 3 aromatic rings. The van der Waals surface area contributed by atoms with E-state index in [2.05, 4.69) is 11.8 Å². The lowest BCUT2D eigenvalue weighted by molar-refractivity contribution is 0.0376. The number of amides is 1. The van der Waals surface area contributed by atoms with Crippen LogP contribution in [-0.4, -0.2) is 75.5 Å². The normalized spacial score (nSPS) is 14.1. The van der Waals surface area contributed by atoms with Crippen LogP contribution in [0.3, 0.4) is 0 Å². The number of hydrogen-bond donors (Lipinski definition) is 0. The third kappa shape index (κ3) is 5.91. The smallest absolute Gasteiger partial charge is 0.260 e. The number of ether oxygens (including phenoxy) is 4. The van der Waals surface area contributed by atoms with Crippen molar-refractivity contribution in [1.29, 1.82) is 0 Å². The first-order valence-corrected chi connectivity index (χ1v) is 13.3. The van der Waals surface area contributed by atoms with Crippen molar-refractivity contribution >= 4 is 32.6 Å². The number of carbonyl (C=O) groups excluding carboxylic acids is 1. The van der Waals surface area contributed by atoms with Gasteiger partial charge in [0.2, 0.25) is 0 Å². The topological polar surface area (TPSA) is 73.4 Å². The number of carbonyl (C=O) groups is 1. The van der Waals surface area contributed by atoms with Gasteiger partial charge in [0.15, 0.2) is 16.6 Å². The molecule has 0 radical (unpaired) electrons. The Morgan fingerprint density at radius 3 is 2.53 bits per heavy atom. The van der Waals surface area contributed by atoms with Crippen LogP contribution in [0, 0.1) is 6.92 Å². The number of methoxy groups -OCH3 is 1. The van der Waals surface area contributed by atoms with Gasteiger partial charge in [0.1, 0.15) is 11.3 Å². The van der Waals surface area contributed by atoms with E-state index in [1.54, 1.807) is 30.2 Å². The van der Waals surface area contributed by atoms with Crippen molar-refractivity contribution in [2.24, 2.45) is 0 Å². The maximum atomic E-state index is 13.9. The molecule has 0 aliphatic carbocycles. The van der Waals surface area contributed by atoms with Crippen molar-refractivity contribution in [3.8, 4) is 17.2 Å². The first-order chi connectivity index (χ1) is 17.5. The second-order valence-corrected chi connectivity index (χ2v) is 9.53. The number of rotatable bonds is 11. The number of nitrogens with zero attached hydrogens (tertiary/aromatic N) is 3. The predicted octanol–water partition coefficient (Wildman–Crippen LogP) is 4.78. The number of anilines is 1. The fourth-order valence-corrected chi connectivity index (χ4v) is 5.36. The van der Waals surface area contributed by atoms with Crippen molar-refractivity contribution in [3.05, 3.63) is 41.5 Å². The maximum absolute atomic E-state index is 13.9. The standard InChI is InChI=1S/C27H35N3O5S/c1-5-34-21-11-9-20(18-23(21)35-6-2)26(31)30(13-7-12-29-14-16-33-17-15-29)27-28-24-22(32-4)10-8-19(3)25(24)36-27/h8-11,18H,5-7,12-17H2,1-4H3. The number of benzene rings is 2. The first kappa shape index (κ1) is 26.2. The Morgan fingerprint density at radius 1 is 1.08 bits per heavy atom. The van der Waals surface area contributed by atoms with E-state index in [0.29, 0.717) is 47.7 Å². The second kappa shape index (κ2) is 12.4. The summed E-state index contributed by atoms with van der Waals surface area (Å²) in [6.07, 6.45) is 0.827. The minimum absolute atomic E-state index is 0.114. The number of morpholine rings is 1. The number of aryl methyl sites for hydroxylation is 1. The zero-order valence-electron chi connectivity index (χ0n) is 21.5. The number of aromatic nitrogens is 1. The second-order valence-electron chi connectivity index (χ2n) is 8.55. The highest BCUT2D eigenvalue weighted by atomic mass is 32.1. The lowest BCUT2D eigenvalue weighted by Gasteiger charge is -2.27. The van der Waals surface area contributed by atoms with E-state index in [0.717, 1.165) is 55.0 Å². The third-order valence-corrected chi connectivity index (χ3v) is 7.35. The minimum atomic E-state index is -0.114. The first-order valence-electron chi connectivity index (χ1n) is 12.5. The van der Waals surface area contributed by atoms with E-state index in [1.165, 1.54) is 11.3 Å². The van der Waals surface area contributed by atoms with Crippen LogP contribution in [0.1, 0.15) is 36.2 Å². The van der Waals surface area contributed by atoms with Gasteiger partial charge in [-0.25, -0.2) is 4.98 Å². The highest BCUT2D eigenvalue weighted by molar-refractivity contribution is 7.22. The van der Waals surface area contributed by atoms with Gasteiger partial charge in [-0.3, -0.25) is 14.6 Å². The molecule has 1 aromatic heterocycles. The summed E-state index contributed by atoms with van der Waals surface area (Å²) < 4.78 is 23.5. The summed E-state index contributed by atoms with van der Waals surface area (Å²) in [5, 5.41) is 0.663. The van der Waals surface area contributed by atoms with Gasteiger partial charge in [0.05, 0.1) is 38.2 Å². The number of thiazole rings is 1. The van der Waals surface area contributed by atoms with E-state index in [-0.39, 0.29) is 5.91 Å². The Hall–Kier alpha value is -2.88. The van der Waals surface area contributed by atoms with E-state index in [9.17, 15) is 4.79 Å². The summed E-state index contributed by atoms with van der Waals surface area (Å²) in [7, 11) is 1.64. The molecule has 0 unspecified atom stereocenters. The molecule has 0 atom stereocenters. The third-order valence-electron chi connectivity index (χ3n) is 6.14. The van der Waals surface area contributed by atoms with Gasteiger partial charge < -0.3 is 18.9 Å². The van der Waals surface area contributed by atoms with Crippen molar-refractivity contribution in [2.45, 2.75) is 27.2 Å². The van der Waals surface area contributed by atoms with Crippen molar-refractivity contribution in [1.82, 2.24) is 9.88 Å². The van der Waals surface area contributed by atoms with Gasteiger partial charge in [-0.2, -0.15) is 0 Å². The minimum Gasteiger partial charge on any atom is -0.494 e. The van der Waals surface area contributed by atoms with E-state index < -0.39 is 0 Å². The lowest BCUT2D eigenvalue weighted by Crippen LogP contribution is -2.39. The van der Waals surface area contributed by atoms with Gasteiger partial charge in [-0.05, 0) is 57.0 Å². The molecule has 2 heterocycles. The largest absolute Gasteiger partial charge is 0.494 e. The van der Waals surface area contributed by atoms with Crippen molar-refractivity contribution < 1.29 is 23.7 Å². The molecule has 194 valence electrons. The summed E-state index contributed by atoms with van der Waals surface area (Å²) >= 11 is 1.52. The van der Waals surface area contributed by atoms with Gasteiger partial charge in [0, 0.05) is 31.7 Å². The molecule has 0 spiro atoms. The molecule has 1 saturated heterocycles. The quantitative estimate of drug-likeness (QED) is 0.365. The molecule has 0 N–H and O–H groups in total.